The van der Waals surface area contributed by atoms with Gasteiger partial charge in [0, 0.05) is 22.3 Å². The van der Waals surface area contributed by atoms with Gasteiger partial charge in [-0.2, -0.15) is 9.50 Å². The molecular weight excluding hydrogens is 350 g/mol. The van der Waals surface area contributed by atoms with Crippen LogP contribution in [0.1, 0.15) is 11.3 Å². The highest BCUT2D eigenvalue weighted by Crippen LogP contribution is 2.30. The standard InChI is InChI=1S/C19H16ClN5O/c1-11-3-5-13(6-4-11)18-23-19-21-12(2)9-17(25(19)24-18)22-15-10-14(20)7-8-16(15)26/h3-10,22,26H,1-2H3. The molecule has 4 aromatic rings. The number of nitrogens with zero attached hydrogens (tertiary/aromatic N) is 4. The lowest BCUT2D eigenvalue weighted by atomic mass is 10.1. The molecule has 0 bridgehead atoms. The van der Waals surface area contributed by atoms with Crippen LogP contribution in [-0.4, -0.2) is 24.7 Å². The van der Waals surface area contributed by atoms with E-state index in [9.17, 15) is 5.11 Å². The second kappa shape index (κ2) is 6.31. The number of nitrogens with one attached hydrogen (secondary N) is 1. The Hall–Kier alpha value is -3.12. The number of rotatable bonds is 3. The largest absolute Gasteiger partial charge is 0.506 e. The van der Waals surface area contributed by atoms with E-state index >= 15 is 0 Å². The Morgan fingerprint density at radius 1 is 1.00 bits per heavy atom. The molecule has 2 heterocycles. The van der Waals surface area contributed by atoms with Gasteiger partial charge < -0.3 is 10.4 Å². The van der Waals surface area contributed by atoms with Gasteiger partial charge in [-0.3, -0.25) is 0 Å². The topological polar surface area (TPSA) is 75.3 Å². The predicted molar refractivity (Wildman–Crippen MR) is 102 cm³/mol. The van der Waals surface area contributed by atoms with Crippen LogP contribution in [0.4, 0.5) is 11.5 Å². The highest BCUT2D eigenvalue weighted by Gasteiger charge is 2.13. The van der Waals surface area contributed by atoms with Crippen molar-refractivity contribution in [1.29, 1.82) is 0 Å². The van der Waals surface area contributed by atoms with Gasteiger partial charge in [-0.1, -0.05) is 41.4 Å². The zero-order valence-electron chi connectivity index (χ0n) is 14.2. The lowest BCUT2D eigenvalue weighted by Crippen LogP contribution is -2.03. The summed E-state index contributed by atoms with van der Waals surface area (Å²) in [4.78, 5) is 8.97. The van der Waals surface area contributed by atoms with Crippen LogP contribution < -0.4 is 5.32 Å². The number of halogens is 1. The fraction of sp³-hybridized carbons (Fsp3) is 0.105. The van der Waals surface area contributed by atoms with E-state index in [0.29, 0.717) is 28.1 Å². The van der Waals surface area contributed by atoms with E-state index in [4.69, 9.17) is 11.6 Å². The van der Waals surface area contributed by atoms with Gasteiger partial charge in [0.15, 0.2) is 5.82 Å². The van der Waals surface area contributed by atoms with Gasteiger partial charge in [0.05, 0.1) is 5.69 Å². The summed E-state index contributed by atoms with van der Waals surface area (Å²) >= 11 is 6.03. The summed E-state index contributed by atoms with van der Waals surface area (Å²) in [5.41, 5.74) is 3.35. The van der Waals surface area contributed by atoms with E-state index in [-0.39, 0.29) is 5.75 Å². The minimum absolute atomic E-state index is 0.0934. The summed E-state index contributed by atoms with van der Waals surface area (Å²) in [6, 6.07) is 14.6. The molecule has 0 atom stereocenters. The van der Waals surface area contributed by atoms with Gasteiger partial charge in [0.25, 0.3) is 5.78 Å². The SMILES string of the molecule is Cc1ccc(-c2nc3nc(C)cc(Nc4cc(Cl)ccc4O)n3n2)cc1. The monoisotopic (exact) mass is 365 g/mol. The number of phenols is 1. The molecule has 130 valence electrons. The molecule has 0 fully saturated rings. The zero-order chi connectivity index (χ0) is 18.3. The average Bonchev–Trinajstić information content (AvgIpc) is 3.03. The van der Waals surface area contributed by atoms with E-state index in [1.165, 1.54) is 11.6 Å². The summed E-state index contributed by atoms with van der Waals surface area (Å²) < 4.78 is 1.61. The number of hydrogen-bond donors (Lipinski definition) is 2. The van der Waals surface area contributed by atoms with Crippen LogP contribution in [0.2, 0.25) is 5.02 Å². The highest BCUT2D eigenvalue weighted by molar-refractivity contribution is 6.30. The van der Waals surface area contributed by atoms with Crippen molar-refractivity contribution in [3.8, 4) is 17.1 Å². The molecule has 4 rings (SSSR count). The lowest BCUT2D eigenvalue weighted by Gasteiger charge is -2.10. The smallest absolute Gasteiger partial charge is 0.254 e. The van der Waals surface area contributed by atoms with Gasteiger partial charge >= 0.3 is 0 Å². The molecule has 2 N–H and O–H groups in total. The maximum Gasteiger partial charge on any atom is 0.254 e. The van der Waals surface area contributed by atoms with Gasteiger partial charge in [0.2, 0.25) is 0 Å². The van der Waals surface area contributed by atoms with E-state index in [1.54, 1.807) is 16.6 Å². The van der Waals surface area contributed by atoms with Gasteiger partial charge in [-0.25, -0.2) is 4.98 Å². The highest BCUT2D eigenvalue weighted by atomic mass is 35.5. The Morgan fingerprint density at radius 3 is 2.54 bits per heavy atom. The summed E-state index contributed by atoms with van der Waals surface area (Å²) in [6.07, 6.45) is 0. The molecule has 7 heteroatoms. The molecule has 0 amide bonds. The number of hydrogen-bond acceptors (Lipinski definition) is 5. The molecule has 0 saturated heterocycles. The molecule has 0 aliphatic carbocycles. The maximum absolute atomic E-state index is 10.1. The van der Waals surface area contributed by atoms with Crippen molar-refractivity contribution < 1.29 is 5.11 Å². The van der Waals surface area contributed by atoms with E-state index in [1.807, 2.05) is 44.2 Å². The normalized spacial score (nSPS) is 11.0. The van der Waals surface area contributed by atoms with Crippen LogP contribution in [0.25, 0.3) is 17.2 Å². The number of aromatic hydroxyl groups is 1. The Bertz CT molecular complexity index is 1110. The lowest BCUT2D eigenvalue weighted by molar-refractivity contribution is 0.477. The summed E-state index contributed by atoms with van der Waals surface area (Å²) in [5.74, 6) is 1.79. The number of aromatic nitrogens is 4. The van der Waals surface area contributed by atoms with Crippen molar-refractivity contribution in [2.75, 3.05) is 5.32 Å². The minimum atomic E-state index is 0.0934. The Morgan fingerprint density at radius 2 is 1.77 bits per heavy atom. The second-order valence-electron chi connectivity index (χ2n) is 6.08. The first-order valence-corrected chi connectivity index (χ1v) is 8.44. The molecule has 0 saturated carbocycles. The third kappa shape index (κ3) is 3.07. The van der Waals surface area contributed by atoms with Crippen molar-refractivity contribution in [2.24, 2.45) is 0 Å². The molecule has 2 aromatic heterocycles. The summed E-state index contributed by atoms with van der Waals surface area (Å²) in [5, 5.41) is 18.3. The van der Waals surface area contributed by atoms with Crippen LogP contribution in [-0.2, 0) is 0 Å². The fourth-order valence-electron chi connectivity index (χ4n) is 2.65. The fourth-order valence-corrected chi connectivity index (χ4v) is 2.82. The van der Waals surface area contributed by atoms with Crippen LogP contribution in [0.5, 0.6) is 5.75 Å². The van der Waals surface area contributed by atoms with Crippen LogP contribution in [0.15, 0.2) is 48.5 Å². The number of anilines is 2. The van der Waals surface area contributed by atoms with Gasteiger partial charge in [0.1, 0.15) is 11.6 Å². The minimum Gasteiger partial charge on any atom is -0.506 e. The molecule has 0 radical (unpaired) electrons. The van der Waals surface area contributed by atoms with E-state index in [2.05, 4.69) is 20.4 Å². The first-order chi connectivity index (χ1) is 12.5. The number of benzene rings is 2. The predicted octanol–water partition coefficient (Wildman–Crippen LogP) is 4.51. The van der Waals surface area contributed by atoms with Crippen molar-refractivity contribution in [3.63, 3.8) is 0 Å². The van der Waals surface area contributed by atoms with Gasteiger partial charge in [-0.15, -0.1) is 5.10 Å². The third-order valence-electron chi connectivity index (χ3n) is 3.97. The average molecular weight is 366 g/mol. The van der Waals surface area contributed by atoms with Gasteiger partial charge in [-0.05, 0) is 32.0 Å². The molecule has 0 aliphatic rings. The number of aryl methyl sites for hydroxylation is 2. The van der Waals surface area contributed by atoms with Crippen molar-refractivity contribution >= 4 is 28.9 Å². The Balaban J connectivity index is 1.81. The molecular formula is C19H16ClN5O. The zero-order valence-corrected chi connectivity index (χ0v) is 15.0. The molecule has 0 unspecified atom stereocenters. The van der Waals surface area contributed by atoms with Crippen molar-refractivity contribution in [3.05, 3.63) is 64.8 Å². The summed E-state index contributed by atoms with van der Waals surface area (Å²) in [7, 11) is 0. The van der Waals surface area contributed by atoms with Crippen LogP contribution >= 0.6 is 11.6 Å². The first-order valence-electron chi connectivity index (χ1n) is 8.06. The molecule has 6 nitrogen and oxygen atoms in total. The van der Waals surface area contributed by atoms with E-state index < -0.39 is 0 Å². The van der Waals surface area contributed by atoms with Crippen molar-refractivity contribution in [1.82, 2.24) is 19.6 Å². The second-order valence-corrected chi connectivity index (χ2v) is 6.52. The Kier molecular flexibility index (Phi) is 3.97. The Labute approximate surface area is 155 Å². The van der Waals surface area contributed by atoms with E-state index in [0.717, 1.165) is 11.3 Å². The molecule has 0 aliphatic heterocycles. The molecule has 0 spiro atoms. The number of fused-ring (bicyclic) bond motifs is 1. The first kappa shape index (κ1) is 16.4. The van der Waals surface area contributed by atoms with Crippen LogP contribution in [0, 0.1) is 13.8 Å². The summed E-state index contributed by atoms with van der Waals surface area (Å²) in [6.45, 7) is 3.91. The molecule has 26 heavy (non-hydrogen) atoms. The quantitative estimate of drug-likeness (QED) is 0.522. The maximum atomic E-state index is 10.1. The van der Waals surface area contributed by atoms with Crippen molar-refractivity contribution in [2.45, 2.75) is 13.8 Å². The van der Waals surface area contributed by atoms with Crippen LogP contribution in [0.3, 0.4) is 0 Å². The number of phenolic OH excluding ortho intramolecular Hbond substituents is 1. The molecule has 2 aromatic carbocycles. The third-order valence-corrected chi connectivity index (χ3v) is 4.21.